The molecule has 126 valence electrons. The number of carbonyl (C=O) groups excluding carboxylic acids is 1. The third-order valence-electron chi connectivity index (χ3n) is 3.96. The topological polar surface area (TPSA) is 26.3 Å². The zero-order valence-corrected chi connectivity index (χ0v) is 15.6. The van der Waals surface area contributed by atoms with Crippen LogP contribution in [-0.4, -0.2) is 5.97 Å². The van der Waals surface area contributed by atoms with E-state index in [1.807, 2.05) is 6.92 Å². The Morgan fingerprint density at radius 1 is 1.05 bits per heavy atom. The fraction of sp³-hybridized carbons (Fsp3) is 0.650. The van der Waals surface area contributed by atoms with Crippen molar-refractivity contribution in [3.8, 4) is 0 Å². The van der Waals surface area contributed by atoms with E-state index in [2.05, 4.69) is 46.8 Å². The van der Waals surface area contributed by atoms with Gasteiger partial charge in [0, 0.05) is 6.92 Å². The maximum Gasteiger partial charge on any atom is 0.307 e. The number of allylic oxidation sites excluding steroid dienone is 6. The summed E-state index contributed by atoms with van der Waals surface area (Å²) in [5, 5.41) is 0. The first kappa shape index (κ1) is 20.7. The predicted octanol–water partition coefficient (Wildman–Crippen LogP) is 6.34. The van der Waals surface area contributed by atoms with Crippen LogP contribution in [0.4, 0.5) is 0 Å². The summed E-state index contributed by atoms with van der Waals surface area (Å²) in [6.07, 6.45) is 9.90. The minimum absolute atomic E-state index is 0.230. The normalized spacial score (nSPS) is 14.2. The highest BCUT2D eigenvalue weighted by Crippen LogP contribution is 2.27. The lowest BCUT2D eigenvalue weighted by Crippen LogP contribution is -2.08. The van der Waals surface area contributed by atoms with Gasteiger partial charge in [0.1, 0.15) is 5.76 Å². The third kappa shape index (κ3) is 8.86. The Labute approximate surface area is 137 Å². The van der Waals surface area contributed by atoms with E-state index in [0.29, 0.717) is 5.92 Å². The fourth-order valence-corrected chi connectivity index (χ4v) is 2.70. The smallest absolute Gasteiger partial charge is 0.307 e. The van der Waals surface area contributed by atoms with Crippen LogP contribution in [0.25, 0.3) is 0 Å². The number of hydrogen-bond acceptors (Lipinski definition) is 2. The van der Waals surface area contributed by atoms with Crippen LogP contribution in [0.5, 0.6) is 0 Å². The van der Waals surface area contributed by atoms with E-state index < -0.39 is 0 Å². The highest BCUT2D eigenvalue weighted by Gasteiger charge is 2.14. The van der Waals surface area contributed by atoms with E-state index in [-0.39, 0.29) is 5.97 Å². The standard InChI is InChI=1S/C20H34O2/c1-8-19(20(9-2)17(6)22-18(7)21)14-13-16(5)12-10-11-15(3)4/h11,13,19H,8-10,12,14H2,1-7H3/b16-13+,20-17?. The molecule has 0 bridgehead atoms. The average Bonchev–Trinajstić information content (AvgIpc) is 2.41. The highest BCUT2D eigenvalue weighted by atomic mass is 16.5. The molecular formula is C20H34O2. The van der Waals surface area contributed by atoms with Crippen molar-refractivity contribution < 1.29 is 9.53 Å². The Morgan fingerprint density at radius 3 is 2.14 bits per heavy atom. The Morgan fingerprint density at radius 2 is 1.68 bits per heavy atom. The quantitative estimate of drug-likeness (QED) is 0.282. The molecule has 0 spiro atoms. The predicted molar refractivity (Wildman–Crippen MR) is 95.6 cm³/mol. The summed E-state index contributed by atoms with van der Waals surface area (Å²) in [6, 6.07) is 0. The molecule has 0 aromatic carbocycles. The van der Waals surface area contributed by atoms with E-state index >= 15 is 0 Å². The number of ether oxygens (including phenoxy) is 1. The van der Waals surface area contributed by atoms with Crippen LogP contribution in [0.1, 0.15) is 80.6 Å². The molecule has 0 saturated carbocycles. The molecule has 0 aliphatic rings. The van der Waals surface area contributed by atoms with Crippen LogP contribution in [0.2, 0.25) is 0 Å². The monoisotopic (exact) mass is 306 g/mol. The van der Waals surface area contributed by atoms with Crippen molar-refractivity contribution in [2.75, 3.05) is 0 Å². The zero-order chi connectivity index (χ0) is 17.1. The summed E-state index contributed by atoms with van der Waals surface area (Å²) in [7, 11) is 0. The van der Waals surface area contributed by atoms with Gasteiger partial charge in [0.05, 0.1) is 0 Å². The summed E-state index contributed by atoms with van der Waals surface area (Å²) >= 11 is 0. The molecule has 0 radical (unpaired) electrons. The number of carbonyl (C=O) groups is 1. The first-order chi connectivity index (χ1) is 10.3. The van der Waals surface area contributed by atoms with Crippen LogP contribution in [-0.2, 0) is 9.53 Å². The summed E-state index contributed by atoms with van der Waals surface area (Å²) in [5.41, 5.74) is 4.09. The average molecular weight is 306 g/mol. The Kier molecular flexibility index (Phi) is 10.6. The van der Waals surface area contributed by atoms with Gasteiger partial charge in [-0.15, -0.1) is 0 Å². The molecule has 1 unspecified atom stereocenters. The van der Waals surface area contributed by atoms with Gasteiger partial charge in [-0.1, -0.05) is 37.1 Å². The van der Waals surface area contributed by atoms with Crippen molar-refractivity contribution in [2.45, 2.75) is 80.6 Å². The zero-order valence-electron chi connectivity index (χ0n) is 15.6. The molecule has 1 atom stereocenters. The number of hydrogen-bond donors (Lipinski definition) is 0. The molecule has 0 aliphatic heterocycles. The van der Waals surface area contributed by atoms with Crippen molar-refractivity contribution >= 4 is 5.97 Å². The maximum atomic E-state index is 11.2. The summed E-state index contributed by atoms with van der Waals surface area (Å²) in [5.74, 6) is 1.02. The van der Waals surface area contributed by atoms with Gasteiger partial charge < -0.3 is 4.74 Å². The second-order valence-corrected chi connectivity index (χ2v) is 6.24. The molecule has 2 nitrogen and oxygen atoms in total. The lowest BCUT2D eigenvalue weighted by atomic mass is 9.89. The van der Waals surface area contributed by atoms with Gasteiger partial charge in [-0.05, 0) is 71.3 Å². The number of rotatable bonds is 9. The van der Waals surface area contributed by atoms with Gasteiger partial charge in [0.15, 0.2) is 0 Å². The first-order valence-corrected chi connectivity index (χ1v) is 8.48. The van der Waals surface area contributed by atoms with E-state index in [9.17, 15) is 4.79 Å². The van der Waals surface area contributed by atoms with Gasteiger partial charge in [0.25, 0.3) is 0 Å². The van der Waals surface area contributed by atoms with E-state index in [0.717, 1.165) is 37.9 Å². The molecule has 22 heavy (non-hydrogen) atoms. The van der Waals surface area contributed by atoms with Crippen LogP contribution in [0.3, 0.4) is 0 Å². The van der Waals surface area contributed by atoms with Gasteiger partial charge in [-0.25, -0.2) is 0 Å². The van der Waals surface area contributed by atoms with Crippen LogP contribution >= 0.6 is 0 Å². The Bertz CT molecular complexity index is 435. The molecule has 0 heterocycles. The molecule has 0 aliphatic carbocycles. The second kappa shape index (κ2) is 11.3. The lowest BCUT2D eigenvalue weighted by Gasteiger charge is -2.19. The minimum Gasteiger partial charge on any atom is -0.432 e. The minimum atomic E-state index is -0.230. The van der Waals surface area contributed by atoms with Gasteiger partial charge in [-0.2, -0.15) is 0 Å². The van der Waals surface area contributed by atoms with Crippen molar-refractivity contribution in [1.82, 2.24) is 0 Å². The van der Waals surface area contributed by atoms with Gasteiger partial charge in [0.2, 0.25) is 0 Å². The summed E-state index contributed by atoms with van der Waals surface area (Å²) in [4.78, 5) is 11.2. The molecule has 0 fully saturated rings. The molecule has 0 N–H and O–H groups in total. The Balaban J connectivity index is 4.81. The third-order valence-corrected chi connectivity index (χ3v) is 3.96. The van der Waals surface area contributed by atoms with Crippen molar-refractivity contribution in [3.63, 3.8) is 0 Å². The fourth-order valence-electron chi connectivity index (χ4n) is 2.70. The number of esters is 1. The Hall–Kier alpha value is -1.31. The van der Waals surface area contributed by atoms with Crippen molar-refractivity contribution in [1.29, 1.82) is 0 Å². The van der Waals surface area contributed by atoms with E-state index in [1.165, 1.54) is 23.6 Å². The van der Waals surface area contributed by atoms with E-state index in [1.54, 1.807) is 0 Å². The van der Waals surface area contributed by atoms with Crippen LogP contribution < -0.4 is 0 Å². The maximum absolute atomic E-state index is 11.2. The summed E-state index contributed by atoms with van der Waals surface area (Å²) < 4.78 is 5.30. The van der Waals surface area contributed by atoms with Crippen molar-refractivity contribution in [3.05, 3.63) is 34.6 Å². The van der Waals surface area contributed by atoms with Gasteiger partial charge >= 0.3 is 5.97 Å². The molecule has 0 amide bonds. The SMILES string of the molecule is CCC(=C(C)OC(C)=O)C(CC)C/C=C(\C)CCC=C(C)C. The molecule has 0 aromatic heterocycles. The second-order valence-electron chi connectivity index (χ2n) is 6.24. The molecule has 0 rings (SSSR count). The van der Waals surface area contributed by atoms with Gasteiger partial charge in [-0.3, -0.25) is 4.79 Å². The molecule has 2 heteroatoms. The summed E-state index contributed by atoms with van der Waals surface area (Å²) in [6.45, 7) is 14.2. The van der Waals surface area contributed by atoms with Crippen molar-refractivity contribution in [2.24, 2.45) is 5.92 Å². The molecule has 0 aromatic rings. The molecule has 0 saturated heterocycles. The lowest BCUT2D eigenvalue weighted by molar-refractivity contribution is -0.136. The largest absolute Gasteiger partial charge is 0.432 e. The molecular weight excluding hydrogens is 272 g/mol. The van der Waals surface area contributed by atoms with Crippen LogP contribution in [0.15, 0.2) is 34.6 Å². The van der Waals surface area contributed by atoms with Crippen LogP contribution in [0, 0.1) is 5.92 Å². The highest BCUT2D eigenvalue weighted by molar-refractivity contribution is 5.67. The first-order valence-electron chi connectivity index (χ1n) is 8.48. The van der Waals surface area contributed by atoms with E-state index in [4.69, 9.17) is 4.74 Å².